The van der Waals surface area contributed by atoms with Crippen molar-refractivity contribution in [1.29, 1.82) is 0 Å². The van der Waals surface area contributed by atoms with E-state index in [2.05, 4.69) is 15.3 Å². The zero-order valence-electron chi connectivity index (χ0n) is 12.4. The number of hydrogen-bond acceptors (Lipinski definition) is 4. The Bertz CT molecular complexity index is 914. The highest BCUT2D eigenvalue weighted by Gasteiger charge is 2.14. The lowest BCUT2D eigenvalue weighted by molar-refractivity contribution is -0.121. The van der Waals surface area contributed by atoms with Crippen molar-refractivity contribution < 1.29 is 9.18 Å². The highest BCUT2D eigenvalue weighted by molar-refractivity contribution is 5.78. The van der Waals surface area contributed by atoms with Gasteiger partial charge in [0.15, 0.2) is 5.65 Å². The molecule has 7 nitrogen and oxygen atoms in total. The molecule has 0 saturated heterocycles. The number of hydrogen-bond donors (Lipinski definition) is 1. The van der Waals surface area contributed by atoms with Gasteiger partial charge in [0.05, 0.1) is 6.20 Å². The Labute approximate surface area is 130 Å². The second-order valence-electron chi connectivity index (χ2n) is 5.06. The maximum absolute atomic E-state index is 12.8. The van der Waals surface area contributed by atoms with Gasteiger partial charge in [-0.05, 0) is 17.7 Å². The minimum Gasteiger partial charge on any atom is -0.350 e. The monoisotopic (exact) mass is 315 g/mol. The number of halogens is 1. The summed E-state index contributed by atoms with van der Waals surface area (Å²) < 4.78 is 15.5. The average molecular weight is 315 g/mol. The predicted octanol–water partition coefficient (Wildman–Crippen LogP) is 0.585. The molecule has 2 aromatic heterocycles. The maximum atomic E-state index is 12.8. The molecule has 1 aromatic carbocycles. The highest BCUT2D eigenvalue weighted by Crippen LogP contribution is 2.07. The number of aromatic nitrogens is 4. The molecule has 0 fully saturated rings. The highest BCUT2D eigenvalue weighted by atomic mass is 19.1. The van der Waals surface area contributed by atoms with Crippen LogP contribution in [-0.4, -0.2) is 25.0 Å². The van der Waals surface area contributed by atoms with Gasteiger partial charge in [-0.3, -0.25) is 13.9 Å². The van der Waals surface area contributed by atoms with Crippen molar-refractivity contribution in [3.63, 3.8) is 0 Å². The van der Waals surface area contributed by atoms with E-state index in [1.54, 1.807) is 19.2 Å². The van der Waals surface area contributed by atoms with Crippen LogP contribution in [0.5, 0.6) is 0 Å². The summed E-state index contributed by atoms with van der Waals surface area (Å²) in [6.45, 7) is 0.125. The van der Waals surface area contributed by atoms with Crippen LogP contribution in [0.15, 0.2) is 41.6 Å². The number of amides is 1. The van der Waals surface area contributed by atoms with Gasteiger partial charge in [-0.25, -0.2) is 19.2 Å². The molecule has 118 valence electrons. The molecular weight excluding hydrogens is 301 g/mol. The largest absolute Gasteiger partial charge is 0.350 e. The van der Waals surface area contributed by atoms with Gasteiger partial charge < -0.3 is 5.32 Å². The van der Waals surface area contributed by atoms with Gasteiger partial charge in [0.2, 0.25) is 5.91 Å². The van der Waals surface area contributed by atoms with E-state index in [4.69, 9.17) is 0 Å². The summed E-state index contributed by atoms with van der Waals surface area (Å²) in [5.41, 5.74) is 1.40. The fourth-order valence-corrected chi connectivity index (χ4v) is 2.29. The summed E-state index contributed by atoms with van der Waals surface area (Å²) in [5, 5.41) is 2.70. The van der Waals surface area contributed by atoms with Crippen molar-refractivity contribution >= 4 is 17.1 Å². The van der Waals surface area contributed by atoms with Crippen molar-refractivity contribution in [2.75, 3.05) is 0 Å². The van der Waals surface area contributed by atoms with Gasteiger partial charge in [0.1, 0.15) is 24.2 Å². The molecular formula is C15H14FN5O2. The summed E-state index contributed by atoms with van der Waals surface area (Å²) >= 11 is 0. The molecule has 23 heavy (non-hydrogen) atoms. The van der Waals surface area contributed by atoms with E-state index in [-0.39, 0.29) is 30.5 Å². The van der Waals surface area contributed by atoms with Crippen LogP contribution in [0.4, 0.5) is 4.39 Å². The molecule has 0 aliphatic heterocycles. The smallest absolute Gasteiger partial charge is 0.330 e. The first-order valence-electron chi connectivity index (χ1n) is 6.92. The molecule has 0 aliphatic rings. The third kappa shape index (κ3) is 2.96. The fraction of sp³-hybridized carbons (Fsp3) is 0.200. The first-order chi connectivity index (χ1) is 11.1. The van der Waals surface area contributed by atoms with Crippen molar-refractivity contribution in [2.24, 2.45) is 7.05 Å². The number of aryl methyl sites for hydroxylation is 1. The summed E-state index contributed by atoms with van der Waals surface area (Å²) in [4.78, 5) is 32.2. The van der Waals surface area contributed by atoms with E-state index in [9.17, 15) is 14.0 Å². The molecule has 1 amide bonds. The van der Waals surface area contributed by atoms with E-state index >= 15 is 0 Å². The molecule has 0 spiro atoms. The van der Waals surface area contributed by atoms with Gasteiger partial charge in [-0.1, -0.05) is 12.1 Å². The Morgan fingerprint density at radius 2 is 2.04 bits per heavy atom. The zero-order valence-corrected chi connectivity index (χ0v) is 12.4. The molecule has 8 heteroatoms. The molecule has 0 unspecified atom stereocenters. The summed E-state index contributed by atoms with van der Waals surface area (Å²) in [6, 6.07) is 5.84. The van der Waals surface area contributed by atoms with E-state index in [0.29, 0.717) is 11.2 Å². The van der Waals surface area contributed by atoms with Crippen molar-refractivity contribution in [1.82, 2.24) is 24.4 Å². The predicted molar refractivity (Wildman–Crippen MR) is 81.0 cm³/mol. The van der Waals surface area contributed by atoms with Crippen molar-refractivity contribution in [2.45, 2.75) is 13.1 Å². The first kappa shape index (κ1) is 14.9. The van der Waals surface area contributed by atoms with Crippen molar-refractivity contribution in [3.05, 3.63) is 58.7 Å². The molecule has 3 aromatic rings. The topological polar surface area (TPSA) is 81.8 Å². The van der Waals surface area contributed by atoms with E-state index < -0.39 is 0 Å². The van der Waals surface area contributed by atoms with Crippen LogP contribution in [0, 0.1) is 5.82 Å². The molecule has 3 rings (SSSR count). The van der Waals surface area contributed by atoms with Gasteiger partial charge >= 0.3 is 5.69 Å². The van der Waals surface area contributed by atoms with Gasteiger partial charge in [0, 0.05) is 13.6 Å². The zero-order chi connectivity index (χ0) is 16.4. The Hall–Kier alpha value is -3.03. The summed E-state index contributed by atoms with van der Waals surface area (Å²) in [5.74, 6) is -0.657. The number of nitrogens with zero attached hydrogens (tertiary/aromatic N) is 4. The number of nitrogens with one attached hydrogen (secondary N) is 1. The SMILES string of the molecule is Cn1c(=O)n(CC(=O)NCc2ccc(F)cc2)c2cncnc21. The Balaban J connectivity index is 1.74. The van der Waals surface area contributed by atoms with E-state index in [1.165, 1.54) is 33.8 Å². The lowest BCUT2D eigenvalue weighted by Gasteiger charge is -2.06. The number of carbonyl (C=O) groups is 1. The lowest BCUT2D eigenvalue weighted by Crippen LogP contribution is -2.32. The molecule has 0 aliphatic carbocycles. The quantitative estimate of drug-likeness (QED) is 0.764. The van der Waals surface area contributed by atoms with E-state index in [0.717, 1.165) is 5.56 Å². The minimum atomic E-state index is -0.336. The fourth-order valence-electron chi connectivity index (χ4n) is 2.29. The average Bonchev–Trinajstić information content (AvgIpc) is 2.80. The lowest BCUT2D eigenvalue weighted by atomic mass is 10.2. The molecule has 0 atom stereocenters. The molecule has 0 bridgehead atoms. The number of imidazole rings is 1. The molecule has 0 radical (unpaired) electrons. The Morgan fingerprint density at radius 1 is 1.30 bits per heavy atom. The van der Waals surface area contributed by atoms with Crippen molar-refractivity contribution in [3.8, 4) is 0 Å². The normalized spacial score (nSPS) is 10.9. The van der Waals surface area contributed by atoms with Crippen LogP contribution in [0.25, 0.3) is 11.2 Å². The standard InChI is InChI=1S/C15H14FN5O2/c1-20-14-12(7-17-9-19-14)21(15(20)23)8-13(22)18-6-10-2-4-11(16)5-3-10/h2-5,7,9H,6,8H2,1H3,(H,18,22). The summed E-state index contributed by atoms with van der Waals surface area (Å²) in [6.07, 6.45) is 2.84. The maximum Gasteiger partial charge on any atom is 0.330 e. The summed E-state index contributed by atoms with van der Waals surface area (Å²) in [7, 11) is 1.59. The molecule has 1 N–H and O–H groups in total. The third-order valence-corrected chi connectivity index (χ3v) is 3.50. The Morgan fingerprint density at radius 3 is 2.78 bits per heavy atom. The first-order valence-corrected chi connectivity index (χ1v) is 6.92. The molecule has 2 heterocycles. The van der Waals surface area contributed by atoms with E-state index in [1.807, 2.05) is 0 Å². The van der Waals surface area contributed by atoms with Gasteiger partial charge in [0.25, 0.3) is 0 Å². The second-order valence-corrected chi connectivity index (χ2v) is 5.06. The van der Waals surface area contributed by atoms with Gasteiger partial charge in [-0.15, -0.1) is 0 Å². The Kier molecular flexibility index (Phi) is 3.88. The number of rotatable bonds is 4. The minimum absolute atomic E-state index is 0.134. The van der Waals surface area contributed by atoms with Gasteiger partial charge in [-0.2, -0.15) is 0 Å². The number of carbonyl (C=O) groups excluding carboxylic acids is 1. The number of benzene rings is 1. The second kappa shape index (κ2) is 5.99. The van der Waals surface area contributed by atoms with Crippen LogP contribution in [0.2, 0.25) is 0 Å². The van der Waals surface area contributed by atoms with Crippen LogP contribution in [0.3, 0.4) is 0 Å². The van der Waals surface area contributed by atoms with Crippen LogP contribution in [0.1, 0.15) is 5.56 Å². The van der Waals surface area contributed by atoms with Crippen LogP contribution < -0.4 is 11.0 Å². The molecule has 0 saturated carbocycles. The van der Waals surface area contributed by atoms with Crippen LogP contribution >= 0.6 is 0 Å². The number of fused-ring (bicyclic) bond motifs is 1. The third-order valence-electron chi connectivity index (χ3n) is 3.50. The van der Waals surface area contributed by atoms with Crippen LogP contribution in [-0.2, 0) is 24.9 Å².